The van der Waals surface area contributed by atoms with E-state index in [2.05, 4.69) is 20.8 Å². The zero-order valence-electron chi connectivity index (χ0n) is 13.8. The zero-order valence-corrected chi connectivity index (χ0v) is 13.8. The Balaban J connectivity index is 1.45. The summed E-state index contributed by atoms with van der Waals surface area (Å²) in [6, 6.07) is 0. The molecule has 0 N–H and O–H groups in total. The van der Waals surface area contributed by atoms with Crippen LogP contribution in [0.3, 0.4) is 0 Å². The number of aryl methyl sites for hydroxylation is 1. The Labute approximate surface area is 140 Å². The average Bonchev–Trinajstić information content (AvgIpc) is 3.19. The Kier molecular flexibility index (Phi) is 4.07. The third kappa shape index (κ3) is 2.94. The molecule has 2 aliphatic rings. The van der Waals surface area contributed by atoms with Crippen LogP contribution in [0, 0.1) is 6.92 Å². The van der Waals surface area contributed by atoms with Crippen LogP contribution in [0.4, 0.5) is 0 Å². The molecule has 0 atom stereocenters. The van der Waals surface area contributed by atoms with Crippen molar-refractivity contribution in [3.8, 4) is 0 Å². The van der Waals surface area contributed by atoms with Gasteiger partial charge in [-0.25, -0.2) is 4.98 Å². The molecule has 2 aromatic rings. The number of ether oxygens (including phenoxy) is 1. The SMILES string of the molecule is Cc1oncc1C(=O)N1CCn2cc(CN3CCOCC3)nc2C1. The Morgan fingerprint density at radius 1 is 1.25 bits per heavy atom. The number of morpholine rings is 1. The lowest BCUT2D eigenvalue weighted by Crippen LogP contribution is -2.38. The van der Waals surface area contributed by atoms with E-state index in [1.165, 1.54) is 6.20 Å². The highest BCUT2D eigenvalue weighted by atomic mass is 16.5. The van der Waals surface area contributed by atoms with Crippen molar-refractivity contribution < 1.29 is 14.1 Å². The molecule has 0 aromatic carbocycles. The smallest absolute Gasteiger partial charge is 0.259 e. The van der Waals surface area contributed by atoms with Gasteiger partial charge in [-0.15, -0.1) is 0 Å². The molecule has 128 valence electrons. The maximum atomic E-state index is 12.6. The first kappa shape index (κ1) is 15.3. The average molecular weight is 331 g/mol. The monoisotopic (exact) mass is 331 g/mol. The molecular formula is C16H21N5O3. The zero-order chi connectivity index (χ0) is 16.5. The van der Waals surface area contributed by atoms with Crippen LogP contribution in [-0.2, 0) is 24.4 Å². The maximum absolute atomic E-state index is 12.6. The summed E-state index contributed by atoms with van der Waals surface area (Å²) in [4.78, 5) is 21.5. The predicted octanol–water partition coefficient (Wildman–Crippen LogP) is 0.668. The number of imidazole rings is 1. The van der Waals surface area contributed by atoms with Crippen molar-refractivity contribution in [1.29, 1.82) is 0 Å². The second-order valence-corrected chi connectivity index (χ2v) is 6.25. The molecule has 4 rings (SSSR count). The lowest BCUT2D eigenvalue weighted by molar-refractivity contribution is 0.0337. The van der Waals surface area contributed by atoms with Crippen molar-refractivity contribution in [3.05, 3.63) is 35.2 Å². The van der Waals surface area contributed by atoms with Gasteiger partial charge < -0.3 is 18.7 Å². The largest absolute Gasteiger partial charge is 0.379 e. The summed E-state index contributed by atoms with van der Waals surface area (Å²) in [5, 5.41) is 3.69. The highest BCUT2D eigenvalue weighted by molar-refractivity contribution is 5.94. The molecular weight excluding hydrogens is 310 g/mol. The molecule has 1 fully saturated rings. The quantitative estimate of drug-likeness (QED) is 0.823. The number of hydrogen-bond donors (Lipinski definition) is 0. The predicted molar refractivity (Wildman–Crippen MR) is 84.3 cm³/mol. The normalized spacial score (nSPS) is 18.6. The minimum absolute atomic E-state index is 0.0438. The summed E-state index contributed by atoms with van der Waals surface area (Å²) < 4.78 is 12.5. The Morgan fingerprint density at radius 2 is 2.08 bits per heavy atom. The Morgan fingerprint density at radius 3 is 2.83 bits per heavy atom. The summed E-state index contributed by atoms with van der Waals surface area (Å²) in [6.07, 6.45) is 3.60. The van der Waals surface area contributed by atoms with Crippen molar-refractivity contribution in [3.63, 3.8) is 0 Å². The molecule has 24 heavy (non-hydrogen) atoms. The molecule has 0 bridgehead atoms. The van der Waals surface area contributed by atoms with Crippen LogP contribution in [0.15, 0.2) is 16.9 Å². The minimum atomic E-state index is -0.0438. The van der Waals surface area contributed by atoms with Crippen molar-refractivity contribution in [1.82, 2.24) is 24.5 Å². The number of carbonyl (C=O) groups is 1. The summed E-state index contributed by atoms with van der Waals surface area (Å²) in [7, 11) is 0. The van der Waals surface area contributed by atoms with Gasteiger partial charge in [0.1, 0.15) is 17.1 Å². The van der Waals surface area contributed by atoms with Gasteiger partial charge in [-0.2, -0.15) is 0 Å². The van der Waals surface area contributed by atoms with Crippen molar-refractivity contribution in [2.75, 3.05) is 32.8 Å². The van der Waals surface area contributed by atoms with Crippen LogP contribution in [0.1, 0.15) is 27.6 Å². The van der Waals surface area contributed by atoms with Gasteiger partial charge in [-0.1, -0.05) is 5.16 Å². The van der Waals surface area contributed by atoms with E-state index in [0.29, 0.717) is 24.4 Å². The molecule has 1 amide bonds. The molecule has 0 radical (unpaired) electrons. The summed E-state index contributed by atoms with van der Waals surface area (Å²) in [6.45, 7) is 8.01. The second kappa shape index (κ2) is 6.37. The van der Waals surface area contributed by atoms with E-state index in [4.69, 9.17) is 14.2 Å². The fourth-order valence-electron chi connectivity index (χ4n) is 3.22. The van der Waals surface area contributed by atoms with E-state index in [9.17, 15) is 4.79 Å². The molecule has 2 aromatic heterocycles. The Hall–Kier alpha value is -2.19. The van der Waals surface area contributed by atoms with Crippen LogP contribution < -0.4 is 0 Å². The number of nitrogens with zero attached hydrogens (tertiary/aromatic N) is 5. The Bertz CT molecular complexity index is 732. The minimum Gasteiger partial charge on any atom is -0.379 e. The first-order valence-corrected chi connectivity index (χ1v) is 8.26. The van der Waals surface area contributed by atoms with Crippen molar-refractivity contribution in [2.24, 2.45) is 0 Å². The van der Waals surface area contributed by atoms with E-state index < -0.39 is 0 Å². The van der Waals surface area contributed by atoms with Gasteiger partial charge in [-0.05, 0) is 6.92 Å². The number of aromatic nitrogens is 3. The lowest BCUT2D eigenvalue weighted by Gasteiger charge is -2.27. The molecule has 0 unspecified atom stereocenters. The van der Waals surface area contributed by atoms with E-state index in [1.54, 1.807) is 11.8 Å². The van der Waals surface area contributed by atoms with Crippen LogP contribution in [0.25, 0.3) is 0 Å². The fourth-order valence-corrected chi connectivity index (χ4v) is 3.22. The topological polar surface area (TPSA) is 76.6 Å². The number of carbonyl (C=O) groups excluding carboxylic acids is 1. The third-order valence-electron chi connectivity index (χ3n) is 4.61. The van der Waals surface area contributed by atoms with Crippen LogP contribution in [0.5, 0.6) is 0 Å². The van der Waals surface area contributed by atoms with Gasteiger partial charge in [0, 0.05) is 38.9 Å². The van der Waals surface area contributed by atoms with Crippen LogP contribution in [-0.4, -0.2) is 63.3 Å². The fraction of sp³-hybridized carbons (Fsp3) is 0.562. The summed E-state index contributed by atoms with van der Waals surface area (Å²) in [5.41, 5.74) is 1.59. The van der Waals surface area contributed by atoms with Crippen molar-refractivity contribution in [2.45, 2.75) is 26.6 Å². The molecule has 0 saturated carbocycles. The standard InChI is InChI=1S/C16H21N5O3/c1-12-14(8-17-24-12)16(22)21-3-2-20-10-13(18-15(20)11-21)9-19-4-6-23-7-5-19/h8,10H,2-7,9,11H2,1H3. The third-order valence-corrected chi connectivity index (χ3v) is 4.61. The van der Waals surface area contributed by atoms with Crippen LogP contribution >= 0.6 is 0 Å². The number of fused-ring (bicyclic) bond motifs is 1. The van der Waals surface area contributed by atoms with Gasteiger partial charge in [-0.3, -0.25) is 9.69 Å². The van der Waals surface area contributed by atoms with E-state index >= 15 is 0 Å². The molecule has 8 nitrogen and oxygen atoms in total. The lowest BCUT2D eigenvalue weighted by atomic mass is 10.2. The molecule has 0 spiro atoms. The molecule has 1 saturated heterocycles. The van der Waals surface area contributed by atoms with Gasteiger partial charge >= 0.3 is 0 Å². The van der Waals surface area contributed by atoms with E-state index in [0.717, 1.165) is 50.9 Å². The van der Waals surface area contributed by atoms with Gasteiger partial charge in [0.25, 0.3) is 5.91 Å². The first-order valence-electron chi connectivity index (χ1n) is 8.26. The number of amides is 1. The number of hydrogen-bond acceptors (Lipinski definition) is 6. The highest BCUT2D eigenvalue weighted by Gasteiger charge is 2.26. The first-order chi connectivity index (χ1) is 11.7. The van der Waals surface area contributed by atoms with Crippen LogP contribution in [0.2, 0.25) is 0 Å². The summed E-state index contributed by atoms with van der Waals surface area (Å²) in [5.74, 6) is 1.45. The van der Waals surface area contributed by atoms with E-state index in [-0.39, 0.29) is 5.91 Å². The maximum Gasteiger partial charge on any atom is 0.259 e. The second-order valence-electron chi connectivity index (χ2n) is 6.25. The van der Waals surface area contributed by atoms with Gasteiger partial charge in [0.2, 0.25) is 0 Å². The molecule has 8 heteroatoms. The summed E-state index contributed by atoms with van der Waals surface area (Å²) >= 11 is 0. The van der Waals surface area contributed by atoms with Gasteiger partial charge in [0.05, 0.1) is 31.6 Å². The molecule has 0 aliphatic carbocycles. The van der Waals surface area contributed by atoms with E-state index in [1.807, 2.05) is 0 Å². The van der Waals surface area contributed by atoms with Crippen molar-refractivity contribution >= 4 is 5.91 Å². The van der Waals surface area contributed by atoms with Gasteiger partial charge in [0.15, 0.2) is 0 Å². The molecule has 4 heterocycles. The molecule has 2 aliphatic heterocycles. The number of rotatable bonds is 3. The highest BCUT2D eigenvalue weighted by Crippen LogP contribution is 2.18.